The summed E-state index contributed by atoms with van der Waals surface area (Å²) >= 11 is 3.12. The van der Waals surface area contributed by atoms with Gasteiger partial charge < -0.3 is 10.1 Å². The predicted octanol–water partition coefficient (Wildman–Crippen LogP) is 2.41. The molecule has 9 heteroatoms. The van der Waals surface area contributed by atoms with Gasteiger partial charge in [0, 0.05) is 6.07 Å². The largest absolute Gasteiger partial charge is 0.490 e. The Kier molecular flexibility index (Phi) is 4.43. The molecule has 2 rings (SSSR count). The first-order chi connectivity index (χ1) is 10.0. The second-order valence-corrected chi connectivity index (χ2v) is 4.61. The van der Waals surface area contributed by atoms with Crippen LogP contribution in [0.2, 0.25) is 0 Å². The third kappa shape index (κ3) is 3.31. The number of amides is 1. The fourth-order valence-electron chi connectivity index (χ4n) is 1.62. The molecule has 0 atom stereocenters. The van der Waals surface area contributed by atoms with E-state index >= 15 is 0 Å². The summed E-state index contributed by atoms with van der Waals surface area (Å²) < 4.78 is 5.49. The van der Waals surface area contributed by atoms with E-state index in [2.05, 4.69) is 31.2 Å². The van der Waals surface area contributed by atoms with E-state index in [1.807, 2.05) is 0 Å². The minimum atomic E-state index is -0.616. The third-order valence-corrected chi connectivity index (χ3v) is 2.91. The monoisotopic (exact) mass is 352 g/mol. The van der Waals surface area contributed by atoms with Crippen molar-refractivity contribution in [3.8, 4) is 5.75 Å². The normalized spacial score (nSPS) is 10.0. The van der Waals surface area contributed by atoms with Gasteiger partial charge in [0.1, 0.15) is 4.60 Å². The Morgan fingerprint density at radius 2 is 2.14 bits per heavy atom. The first kappa shape index (κ1) is 14.9. The number of nitro groups is 1. The summed E-state index contributed by atoms with van der Waals surface area (Å²) in [7, 11) is 1.26. The molecule has 1 amide bonds. The Morgan fingerprint density at radius 1 is 1.38 bits per heavy atom. The second-order valence-electron chi connectivity index (χ2n) is 3.79. The minimum absolute atomic E-state index is 0.0384. The number of nitrogens with zero attached hydrogens (tertiary/aromatic N) is 3. The molecule has 108 valence electrons. The molecule has 0 aliphatic rings. The molecule has 1 heterocycles. The highest BCUT2D eigenvalue weighted by atomic mass is 79.9. The zero-order chi connectivity index (χ0) is 15.4. The molecular formula is C12H9BrN4O4. The zero-order valence-corrected chi connectivity index (χ0v) is 12.3. The lowest BCUT2D eigenvalue weighted by Crippen LogP contribution is -2.15. The maximum absolute atomic E-state index is 12.2. The molecule has 0 aliphatic heterocycles. The molecule has 0 unspecified atom stereocenters. The number of nitrogens with one attached hydrogen (secondary N) is 1. The Bertz CT molecular complexity index is 690. The lowest BCUT2D eigenvalue weighted by atomic mass is 10.1. The lowest BCUT2D eigenvalue weighted by molar-refractivity contribution is -0.385. The van der Waals surface area contributed by atoms with E-state index in [1.54, 1.807) is 0 Å². The van der Waals surface area contributed by atoms with E-state index in [0.717, 1.165) is 0 Å². The van der Waals surface area contributed by atoms with Crippen LogP contribution >= 0.6 is 15.9 Å². The third-order valence-electron chi connectivity index (χ3n) is 2.50. The molecule has 2 aromatic rings. The SMILES string of the molecule is COc1c(C(=O)Nc2cnc(Br)cn2)cccc1[N+](=O)[O-]. The van der Waals surface area contributed by atoms with Crippen LogP contribution in [0, 0.1) is 10.1 Å². The molecule has 0 saturated carbocycles. The highest BCUT2D eigenvalue weighted by molar-refractivity contribution is 9.10. The van der Waals surface area contributed by atoms with Crippen LogP contribution in [-0.2, 0) is 0 Å². The molecule has 8 nitrogen and oxygen atoms in total. The quantitative estimate of drug-likeness (QED) is 0.668. The fraction of sp³-hybridized carbons (Fsp3) is 0.0833. The van der Waals surface area contributed by atoms with E-state index in [1.165, 1.54) is 37.7 Å². The van der Waals surface area contributed by atoms with E-state index in [-0.39, 0.29) is 22.8 Å². The van der Waals surface area contributed by atoms with Crippen molar-refractivity contribution in [2.45, 2.75) is 0 Å². The number of carbonyl (C=O) groups excluding carboxylic acids is 1. The number of anilines is 1. The van der Waals surface area contributed by atoms with Crippen molar-refractivity contribution in [1.29, 1.82) is 0 Å². The van der Waals surface area contributed by atoms with Gasteiger partial charge in [-0.25, -0.2) is 9.97 Å². The maximum Gasteiger partial charge on any atom is 0.311 e. The van der Waals surface area contributed by atoms with Gasteiger partial charge in [-0.05, 0) is 22.0 Å². The van der Waals surface area contributed by atoms with Gasteiger partial charge in [-0.3, -0.25) is 14.9 Å². The van der Waals surface area contributed by atoms with Crippen LogP contribution in [0.1, 0.15) is 10.4 Å². The molecule has 1 aromatic heterocycles. The van der Waals surface area contributed by atoms with Crippen LogP contribution in [0.5, 0.6) is 5.75 Å². The van der Waals surface area contributed by atoms with Crippen molar-refractivity contribution in [2.75, 3.05) is 12.4 Å². The van der Waals surface area contributed by atoms with Crippen LogP contribution in [-0.4, -0.2) is 27.9 Å². The van der Waals surface area contributed by atoms with Crippen molar-refractivity contribution in [3.05, 3.63) is 50.9 Å². The Morgan fingerprint density at radius 3 is 2.71 bits per heavy atom. The number of methoxy groups -OCH3 is 1. The average Bonchev–Trinajstić information content (AvgIpc) is 2.48. The first-order valence-electron chi connectivity index (χ1n) is 5.63. The van der Waals surface area contributed by atoms with Crippen molar-refractivity contribution in [1.82, 2.24) is 9.97 Å². The number of aromatic nitrogens is 2. The average molecular weight is 353 g/mol. The molecule has 0 radical (unpaired) electrons. The van der Waals surface area contributed by atoms with Crippen molar-refractivity contribution in [2.24, 2.45) is 0 Å². The van der Waals surface area contributed by atoms with Crippen LogP contribution in [0.3, 0.4) is 0 Å². The molecule has 0 bridgehead atoms. The lowest BCUT2D eigenvalue weighted by Gasteiger charge is -2.08. The molecule has 1 aromatic carbocycles. The van der Waals surface area contributed by atoms with Gasteiger partial charge >= 0.3 is 5.69 Å². The molecule has 0 spiro atoms. The number of para-hydroxylation sites is 1. The molecule has 0 fully saturated rings. The molecule has 1 N–H and O–H groups in total. The van der Waals surface area contributed by atoms with Gasteiger partial charge in [-0.15, -0.1) is 0 Å². The number of hydrogen-bond donors (Lipinski definition) is 1. The minimum Gasteiger partial charge on any atom is -0.490 e. The van der Waals surface area contributed by atoms with Gasteiger partial charge in [0.25, 0.3) is 5.91 Å². The van der Waals surface area contributed by atoms with Crippen molar-refractivity contribution >= 4 is 33.3 Å². The maximum atomic E-state index is 12.2. The Hall–Kier alpha value is -2.55. The first-order valence-corrected chi connectivity index (χ1v) is 6.42. The summed E-state index contributed by atoms with van der Waals surface area (Å²) in [5, 5.41) is 13.4. The fourth-order valence-corrected chi connectivity index (χ4v) is 1.83. The highest BCUT2D eigenvalue weighted by Crippen LogP contribution is 2.30. The Balaban J connectivity index is 2.33. The van der Waals surface area contributed by atoms with Crippen molar-refractivity contribution < 1.29 is 14.5 Å². The number of halogens is 1. The number of benzene rings is 1. The second kappa shape index (κ2) is 6.27. The van der Waals surface area contributed by atoms with E-state index in [0.29, 0.717) is 4.60 Å². The number of nitro benzene ring substituents is 1. The van der Waals surface area contributed by atoms with Crippen LogP contribution in [0.25, 0.3) is 0 Å². The summed E-state index contributed by atoms with van der Waals surface area (Å²) in [5.74, 6) is -0.464. The van der Waals surface area contributed by atoms with Crippen LogP contribution < -0.4 is 10.1 Å². The van der Waals surface area contributed by atoms with Gasteiger partial charge in [-0.2, -0.15) is 0 Å². The summed E-state index contributed by atoms with van der Waals surface area (Å²) in [6, 6.07) is 4.09. The molecular weight excluding hydrogens is 344 g/mol. The van der Waals surface area contributed by atoms with Crippen LogP contribution in [0.15, 0.2) is 35.2 Å². The smallest absolute Gasteiger partial charge is 0.311 e. The highest BCUT2D eigenvalue weighted by Gasteiger charge is 2.22. The predicted molar refractivity (Wildman–Crippen MR) is 77.3 cm³/mol. The number of rotatable bonds is 4. The topological polar surface area (TPSA) is 107 Å². The summed E-state index contributed by atoms with van der Waals surface area (Å²) in [6.45, 7) is 0. The molecule has 21 heavy (non-hydrogen) atoms. The standard InChI is InChI=1S/C12H9BrN4O4/c1-21-11-7(3-2-4-8(11)17(19)20)12(18)16-10-6-14-9(13)5-15-10/h2-6H,1H3,(H,15,16,18). The van der Waals surface area contributed by atoms with E-state index < -0.39 is 10.8 Å². The van der Waals surface area contributed by atoms with E-state index in [4.69, 9.17) is 4.74 Å². The van der Waals surface area contributed by atoms with Gasteiger partial charge in [0.15, 0.2) is 5.82 Å². The summed E-state index contributed by atoms with van der Waals surface area (Å²) in [4.78, 5) is 30.3. The zero-order valence-electron chi connectivity index (χ0n) is 10.7. The van der Waals surface area contributed by atoms with Gasteiger partial charge in [-0.1, -0.05) is 6.07 Å². The molecule has 0 saturated heterocycles. The van der Waals surface area contributed by atoms with Crippen molar-refractivity contribution in [3.63, 3.8) is 0 Å². The Labute approximate surface area is 127 Å². The van der Waals surface area contributed by atoms with Crippen LogP contribution in [0.4, 0.5) is 11.5 Å². The van der Waals surface area contributed by atoms with Gasteiger partial charge in [0.05, 0.1) is 30.0 Å². The summed E-state index contributed by atoms with van der Waals surface area (Å²) in [5.41, 5.74) is -0.247. The van der Waals surface area contributed by atoms with E-state index in [9.17, 15) is 14.9 Å². The van der Waals surface area contributed by atoms with Gasteiger partial charge in [0.2, 0.25) is 5.75 Å². The molecule has 0 aliphatic carbocycles. The number of hydrogen-bond acceptors (Lipinski definition) is 6. The number of ether oxygens (including phenoxy) is 1. The number of carbonyl (C=O) groups is 1. The summed E-state index contributed by atoms with van der Waals surface area (Å²) in [6.07, 6.45) is 2.77.